The lowest BCUT2D eigenvalue weighted by atomic mass is 10.1. The van der Waals surface area contributed by atoms with E-state index in [2.05, 4.69) is 10.6 Å². The predicted octanol–water partition coefficient (Wildman–Crippen LogP) is 2.93. The fraction of sp³-hybridized carbons (Fsp3) is 0.333. The van der Waals surface area contributed by atoms with Crippen LogP contribution in [-0.4, -0.2) is 36.5 Å². The van der Waals surface area contributed by atoms with Crippen molar-refractivity contribution >= 4 is 23.6 Å². The number of hydrogen-bond acceptors (Lipinski definition) is 4. The van der Waals surface area contributed by atoms with Gasteiger partial charge in [0.25, 0.3) is 5.91 Å². The van der Waals surface area contributed by atoms with Crippen molar-refractivity contribution in [2.24, 2.45) is 0 Å². The average molecular weight is 387 g/mol. The summed E-state index contributed by atoms with van der Waals surface area (Å²) in [6.07, 6.45) is 2.54. The summed E-state index contributed by atoms with van der Waals surface area (Å²) in [5.41, 5.74) is 2.19. The highest BCUT2D eigenvalue weighted by molar-refractivity contribution is 7.98. The number of ether oxygens (including phenoxy) is 1. The minimum absolute atomic E-state index is 0.120. The number of nitrogens with one attached hydrogen (secondary N) is 2. The summed E-state index contributed by atoms with van der Waals surface area (Å²) in [7, 11) is 0. The number of thioether (sulfide) groups is 1. The second-order valence-electron chi connectivity index (χ2n) is 6.15. The van der Waals surface area contributed by atoms with E-state index < -0.39 is 6.04 Å². The topological polar surface area (TPSA) is 67.4 Å². The molecule has 2 aromatic rings. The summed E-state index contributed by atoms with van der Waals surface area (Å²) in [5.74, 6) is 0.913. The highest BCUT2D eigenvalue weighted by Gasteiger charge is 2.20. The number of carbonyl (C=O) groups is 2. The van der Waals surface area contributed by atoms with Crippen LogP contribution in [0.4, 0.5) is 0 Å². The van der Waals surface area contributed by atoms with Gasteiger partial charge in [0.15, 0.2) is 6.61 Å². The fourth-order valence-corrected chi connectivity index (χ4v) is 2.99. The first-order chi connectivity index (χ1) is 13.1. The van der Waals surface area contributed by atoms with Gasteiger partial charge in [-0.05, 0) is 48.6 Å². The molecule has 2 aromatic carbocycles. The molecule has 0 radical (unpaired) electrons. The van der Waals surface area contributed by atoms with E-state index in [1.165, 1.54) is 0 Å². The first kappa shape index (κ1) is 20.8. The number of rotatable bonds is 10. The fourth-order valence-electron chi connectivity index (χ4n) is 2.52. The van der Waals surface area contributed by atoms with E-state index in [0.29, 0.717) is 18.7 Å². The molecule has 0 bridgehead atoms. The standard InChI is InChI=1S/C21H26N2O3S/c1-16-8-6-7-9-17(16)14-22-21(25)19(12-13-27-2)23-20(24)15-26-18-10-4-3-5-11-18/h3-11,19H,12-15H2,1-2H3,(H,22,25)(H,23,24). The van der Waals surface area contributed by atoms with E-state index in [-0.39, 0.29) is 18.4 Å². The van der Waals surface area contributed by atoms with Crippen LogP contribution in [-0.2, 0) is 16.1 Å². The average Bonchev–Trinajstić information content (AvgIpc) is 2.69. The second-order valence-corrected chi connectivity index (χ2v) is 7.13. The maximum Gasteiger partial charge on any atom is 0.258 e. The molecule has 6 heteroatoms. The van der Waals surface area contributed by atoms with Crippen molar-refractivity contribution in [1.29, 1.82) is 0 Å². The molecule has 27 heavy (non-hydrogen) atoms. The molecule has 144 valence electrons. The van der Waals surface area contributed by atoms with Crippen molar-refractivity contribution in [2.75, 3.05) is 18.6 Å². The van der Waals surface area contributed by atoms with Crippen LogP contribution in [0.15, 0.2) is 54.6 Å². The molecule has 2 N–H and O–H groups in total. The van der Waals surface area contributed by atoms with Crippen LogP contribution in [0.25, 0.3) is 0 Å². The van der Waals surface area contributed by atoms with Crippen LogP contribution >= 0.6 is 11.8 Å². The molecule has 0 fully saturated rings. The van der Waals surface area contributed by atoms with Crippen molar-refractivity contribution < 1.29 is 14.3 Å². The van der Waals surface area contributed by atoms with Crippen molar-refractivity contribution in [3.05, 3.63) is 65.7 Å². The van der Waals surface area contributed by atoms with Crippen LogP contribution in [0, 0.1) is 6.92 Å². The minimum Gasteiger partial charge on any atom is -0.484 e. The normalized spacial score (nSPS) is 11.5. The van der Waals surface area contributed by atoms with Gasteiger partial charge < -0.3 is 15.4 Å². The summed E-state index contributed by atoms with van der Waals surface area (Å²) >= 11 is 1.64. The zero-order chi connectivity index (χ0) is 19.5. The number of amides is 2. The third-order valence-electron chi connectivity index (χ3n) is 4.09. The molecule has 0 saturated heterocycles. The lowest BCUT2D eigenvalue weighted by molar-refractivity contribution is -0.130. The molecule has 1 atom stereocenters. The van der Waals surface area contributed by atoms with Crippen LogP contribution in [0.2, 0.25) is 0 Å². The van der Waals surface area contributed by atoms with Crippen molar-refractivity contribution in [1.82, 2.24) is 10.6 Å². The van der Waals surface area contributed by atoms with Crippen molar-refractivity contribution in [3.8, 4) is 5.75 Å². The Morgan fingerprint density at radius 1 is 1.07 bits per heavy atom. The van der Waals surface area contributed by atoms with Gasteiger partial charge in [-0.15, -0.1) is 0 Å². The van der Waals surface area contributed by atoms with E-state index in [1.807, 2.05) is 55.6 Å². The highest BCUT2D eigenvalue weighted by Crippen LogP contribution is 2.09. The third kappa shape index (κ3) is 7.35. The molecule has 2 amide bonds. The van der Waals surface area contributed by atoms with Gasteiger partial charge in [-0.25, -0.2) is 0 Å². The van der Waals surface area contributed by atoms with Gasteiger partial charge in [0.1, 0.15) is 11.8 Å². The molecule has 0 aliphatic rings. The van der Waals surface area contributed by atoms with Crippen LogP contribution < -0.4 is 15.4 Å². The number of para-hydroxylation sites is 1. The first-order valence-electron chi connectivity index (χ1n) is 8.88. The molecule has 1 unspecified atom stereocenters. The SMILES string of the molecule is CSCCC(NC(=O)COc1ccccc1)C(=O)NCc1ccccc1C. The van der Waals surface area contributed by atoms with Gasteiger partial charge in [0, 0.05) is 6.54 Å². The lowest BCUT2D eigenvalue weighted by Crippen LogP contribution is -2.48. The zero-order valence-electron chi connectivity index (χ0n) is 15.7. The Bertz CT molecular complexity index is 737. The number of aryl methyl sites for hydroxylation is 1. The van der Waals surface area contributed by atoms with E-state index in [9.17, 15) is 9.59 Å². The molecular weight excluding hydrogens is 360 g/mol. The summed E-state index contributed by atoms with van der Waals surface area (Å²) in [6.45, 7) is 2.33. The van der Waals surface area contributed by atoms with Crippen molar-refractivity contribution in [3.63, 3.8) is 0 Å². The summed E-state index contributed by atoms with van der Waals surface area (Å²) < 4.78 is 5.45. The zero-order valence-corrected chi connectivity index (χ0v) is 16.6. The molecule has 0 aliphatic carbocycles. The second kappa shape index (κ2) is 11.3. The molecular formula is C21H26N2O3S. The van der Waals surface area contributed by atoms with Gasteiger partial charge in [-0.3, -0.25) is 9.59 Å². The molecule has 2 rings (SSSR count). The molecule has 0 aromatic heterocycles. The quantitative estimate of drug-likeness (QED) is 0.659. The van der Waals surface area contributed by atoms with Gasteiger partial charge >= 0.3 is 0 Å². The van der Waals surface area contributed by atoms with Crippen LogP contribution in [0.5, 0.6) is 5.75 Å². The largest absolute Gasteiger partial charge is 0.484 e. The Morgan fingerprint density at radius 3 is 2.48 bits per heavy atom. The van der Waals surface area contributed by atoms with E-state index in [0.717, 1.165) is 16.9 Å². The Morgan fingerprint density at radius 2 is 1.78 bits per heavy atom. The number of benzene rings is 2. The van der Waals surface area contributed by atoms with E-state index >= 15 is 0 Å². The van der Waals surface area contributed by atoms with Gasteiger partial charge in [0.2, 0.25) is 5.91 Å². The maximum atomic E-state index is 12.6. The molecule has 0 saturated carbocycles. The van der Waals surface area contributed by atoms with Crippen LogP contribution in [0.3, 0.4) is 0 Å². The Hall–Kier alpha value is -2.47. The van der Waals surface area contributed by atoms with E-state index in [4.69, 9.17) is 4.74 Å². The smallest absolute Gasteiger partial charge is 0.258 e. The van der Waals surface area contributed by atoms with Gasteiger partial charge in [-0.2, -0.15) is 11.8 Å². The minimum atomic E-state index is -0.576. The first-order valence-corrected chi connectivity index (χ1v) is 10.3. The maximum absolute atomic E-state index is 12.6. The lowest BCUT2D eigenvalue weighted by Gasteiger charge is -2.19. The summed E-state index contributed by atoms with van der Waals surface area (Å²) in [5, 5.41) is 5.71. The molecule has 0 aliphatic heterocycles. The summed E-state index contributed by atoms with van der Waals surface area (Å²) in [6, 6.07) is 16.5. The van der Waals surface area contributed by atoms with Gasteiger partial charge in [0.05, 0.1) is 0 Å². The van der Waals surface area contributed by atoms with E-state index in [1.54, 1.807) is 23.9 Å². The summed E-state index contributed by atoms with van der Waals surface area (Å²) in [4.78, 5) is 24.8. The van der Waals surface area contributed by atoms with Crippen molar-refractivity contribution in [2.45, 2.75) is 25.9 Å². The van der Waals surface area contributed by atoms with Gasteiger partial charge in [-0.1, -0.05) is 42.5 Å². The monoisotopic (exact) mass is 386 g/mol. The molecule has 5 nitrogen and oxygen atoms in total. The number of hydrogen-bond donors (Lipinski definition) is 2. The molecule has 0 spiro atoms. The third-order valence-corrected chi connectivity index (χ3v) is 4.73. The van der Waals surface area contributed by atoms with Crippen LogP contribution in [0.1, 0.15) is 17.5 Å². The highest BCUT2D eigenvalue weighted by atomic mass is 32.2. The predicted molar refractivity (Wildman–Crippen MR) is 110 cm³/mol. The molecule has 0 heterocycles. The Labute approximate surface area is 164 Å². The number of carbonyl (C=O) groups excluding carboxylic acids is 2. The Balaban J connectivity index is 1.87. The Kier molecular flexibility index (Phi) is 8.71.